The van der Waals surface area contributed by atoms with E-state index in [9.17, 15) is 4.79 Å². The minimum absolute atomic E-state index is 0.205. The minimum atomic E-state index is -0.565. The van der Waals surface area contributed by atoms with Crippen molar-refractivity contribution in [3.05, 3.63) is 53.1 Å². The van der Waals surface area contributed by atoms with Crippen LogP contribution in [-0.2, 0) is 9.53 Å². The highest BCUT2D eigenvalue weighted by Gasteiger charge is 2.17. The fourth-order valence-corrected chi connectivity index (χ4v) is 2.29. The average molecular weight is 344 g/mol. The molecular formula is C19H18ClNO3. The quantitative estimate of drug-likeness (QED) is 0.761. The fraction of sp³-hybridized carbons (Fsp3) is 0.263. The normalized spacial score (nSPS) is 10.8. The molecule has 2 rings (SSSR count). The number of esters is 1. The first-order valence-corrected chi connectivity index (χ1v) is 7.81. The van der Waals surface area contributed by atoms with E-state index in [-0.39, 0.29) is 6.61 Å². The molecule has 0 bridgehead atoms. The van der Waals surface area contributed by atoms with Gasteiger partial charge in [-0.05, 0) is 56.7 Å². The Morgan fingerprint density at radius 3 is 2.62 bits per heavy atom. The zero-order valence-electron chi connectivity index (χ0n) is 13.8. The molecule has 0 amide bonds. The summed E-state index contributed by atoms with van der Waals surface area (Å²) in [5, 5.41) is 9.59. The third kappa shape index (κ3) is 5.00. The van der Waals surface area contributed by atoms with Gasteiger partial charge in [-0.2, -0.15) is 5.26 Å². The van der Waals surface area contributed by atoms with Crippen molar-refractivity contribution in [1.82, 2.24) is 0 Å². The van der Waals surface area contributed by atoms with Crippen molar-refractivity contribution in [2.75, 3.05) is 6.61 Å². The predicted octanol–water partition coefficient (Wildman–Crippen LogP) is 4.60. The molecule has 0 saturated carbocycles. The van der Waals surface area contributed by atoms with Crippen molar-refractivity contribution < 1.29 is 14.3 Å². The third-order valence-corrected chi connectivity index (χ3v) is 3.24. The Kier molecular flexibility index (Phi) is 5.48. The minimum Gasteiger partial charge on any atom is -0.481 e. The Balaban J connectivity index is 2.25. The summed E-state index contributed by atoms with van der Waals surface area (Å²) in [6.07, 6.45) is 0. The molecule has 0 aromatic heterocycles. The Labute approximate surface area is 146 Å². The number of nitriles is 1. The Hall–Kier alpha value is -2.51. The third-order valence-electron chi connectivity index (χ3n) is 3.01. The van der Waals surface area contributed by atoms with E-state index in [4.69, 9.17) is 26.3 Å². The van der Waals surface area contributed by atoms with Crippen LogP contribution in [0.1, 0.15) is 26.3 Å². The number of rotatable bonds is 4. The molecule has 24 heavy (non-hydrogen) atoms. The predicted molar refractivity (Wildman–Crippen MR) is 92.9 cm³/mol. The van der Waals surface area contributed by atoms with Crippen molar-refractivity contribution in [2.45, 2.75) is 26.4 Å². The maximum Gasteiger partial charge on any atom is 0.344 e. The second kappa shape index (κ2) is 7.37. The molecule has 0 fully saturated rings. The van der Waals surface area contributed by atoms with Crippen LogP contribution in [0.3, 0.4) is 0 Å². The van der Waals surface area contributed by atoms with Gasteiger partial charge in [0.25, 0.3) is 0 Å². The Bertz CT molecular complexity index is 788. The van der Waals surface area contributed by atoms with Crippen LogP contribution in [0.5, 0.6) is 5.75 Å². The van der Waals surface area contributed by atoms with Gasteiger partial charge in [-0.3, -0.25) is 0 Å². The summed E-state index contributed by atoms with van der Waals surface area (Å²) in [4.78, 5) is 11.8. The standard InChI is InChI=1S/C19H18ClNO3/c1-19(2,3)24-18(22)12-23-17-8-7-15(20)10-16(17)14-6-4-5-13(9-14)11-21/h4-10H,12H2,1-3H3. The lowest BCUT2D eigenvalue weighted by atomic mass is 10.0. The molecular weight excluding hydrogens is 326 g/mol. The monoisotopic (exact) mass is 343 g/mol. The molecule has 0 atom stereocenters. The van der Waals surface area contributed by atoms with Crippen LogP contribution < -0.4 is 4.74 Å². The Morgan fingerprint density at radius 1 is 1.21 bits per heavy atom. The van der Waals surface area contributed by atoms with Crippen LogP contribution in [-0.4, -0.2) is 18.2 Å². The molecule has 0 N–H and O–H groups in total. The van der Waals surface area contributed by atoms with E-state index in [0.717, 1.165) is 5.56 Å². The van der Waals surface area contributed by atoms with Gasteiger partial charge in [-0.25, -0.2) is 4.79 Å². The van der Waals surface area contributed by atoms with Gasteiger partial charge in [0.15, 0.2) is 6.61 Å². The summed E-state index contributed by atoms with van der Waals surface area (Å²) in [6.45, 7) is 5.19. The summed E-state index contributed by atoms with van der Waals surface area (Å²) in [5.74, 6) is 0.0505. The lowest BCUT2D eigenvalue weighted by molar-refractivity contribution is -0.157. The van der Waals surface area contributed by atoms with E-state index < -0.39 is 11.6 Å². The van der Waals surface area contributed by atoms with E-state index >= 15 is 0 Å². The van der Waals surface area contributed by atoms with E-state index in [0.29, 0.717) is 21.9 Å². The topological polar surface area (TPSA) is 59.3 Å². The summed E-state index contributed by atoms with van der Waals surface area (Å²) in [7, 11) is 0. The van der Waals surface area contributed by atoms with Crippen molar-refractivity contribution in [1.29, 1.82) is 5.26 Å². The van der Waals surface area contributed by atoms with Gasteiger partial charge in [0.1, 0.15) is 11.4 Å². The average Bonchev–Trinajstić information content (AvgIpc) is 2.52. The number of ether oxygens (including phenoxy) is 2. The number of nitrogens with zero attached hydrogens (tertiary/aromatic N) is 1. The highest BCUT2D eigenvalue weighted by Crippen LogP contribution is 2.33. The molecule has 4 nitrogen and oxygen atoms in total. The summed E-state index contributed by atoms with van der Waals surface area (Å²) in [6, 6.07) is 14.3. The molecule has 0 saturated heterocycles. The summed E-state index contributed by atoms with van der Waals surface area (Å²) in [5.41, 5.74) is 1.47. The Morgan fingerprint density at radius 2 is 1.96 bits per heavy atom. The van der Waals surface area contributed by atoms with E-state index in [2.05, 4.69) is 6.07 Å². The van der Waals surface area contributed by atoms with Crippen molar-refractivity contribution >= 4 is 17.6 Å². The highest BCUT2D eigenvalue weighted by atomic mass is 35.5. The maximum absolute atomic E-state index is 11.8. The molecule has 2 aromatic carbocycles. The highest BCUT2D eigenvalue weighted by molar-refractivity contribution is 6.31. The molecule has 0 aliphatic carbocycles. The molecule has 0 radical (unpaired) electrons. The number of halogens is 1. The van der Waals surface area contributed by atoms with Crippen molar-refractivity contribution in [2.24, 2.45) is 0 Å². The number of benzene rings is 2. The number of carbonyl (C=O) groups is 1. The van der Waals surface area contributed by atoms with Gasteiger partial charge in [0.05, 0.1) is 11.6 Å². The zero-order valence-corrected chi connectivity index (χ0v) is 14.6. The molecule has 2 aromatic rings. The fourth-order valence-electron chi connectivity index (χ4n) is 2.12. The van der Waals surface area contributed by atoms with Crippen LogP contribution in [0.15, 0.2) is 42.5 Å². The molecule has 0 aliphatic rings. The first kappa shape index (κ1) is 17.8. The second-order valence-electron chi connectivity index (χ2n) is 6.21. The number of carbonyl (C=O) groups excluding carboxylic acids is 1. The van der Waals surface area contributed by atoms with Gasteiger partial charge in [-0.15, -0.1) is 0 Å². The van der Waals surface area contributed by atoms with Gasteiger partial charge in [0, 0.05) is 10.6 Å². The van der Waals surface area contributed by atoms with Crippen LogP contribution in [0.2, 0.25) is 5.02 Å². The largest absolute Gasteiger partial charge is 0.481 e. The molecule has 0 heterocycles. The van der Waals surface area contributed by atoms with Gasteiger partial charge >= 0.3 is 5.97 Å². The molecule has 5 heteroatoms. The van der Waals surface area contributed by atoms with Crippen molar-refractivity contribution in [3.63, 3.8) is 0 Å². The maximum atomic E-state index is 11.8. The summed E-state index contributed by atoms with van der Waals surface area (Å²) >= 11 is 6.08. The van der Waals surface area contributed by atoms with Gasteiger partial charge < -0.3 is 9.47 Å². The molecule has 124 valence electrons. The van der Waals surface area contributed by atoms with E-state index in [1.54, 1.807) is 57.2 Å². The van der Waals surface area contributed by atoms with Crippen LogP contribution in [0.4, 0.5) is 0 Å². The first-order chi connectivity index (χ1) is 11.3. The number of hydrogen-bond acceptors (Lipinski definition) is 4. The molecule has 0 aliphatic heterocycles. The van der Waals surface area contributed by atoms with Crippen LogP contribution >= 0.6 is 11.6 Å². The van der Waals surface area contributed by atoms with Crippen LogP contribution in [0, 0.1) is 11.3 Å². The zero-order chi connectivity index (χ0) is 17.7. The molecule has 0 unspecified atom stereocenters. The van der Waals surface area contributed by atoms with Crippen LogP contribution in [0.25, 0.3) is 11.1 Å². The van der Waals surface area contributed by atoms with Gasteiger partial charge in [-0.1, -0.05) is 23.7 Å². The summed E-state index contributed by atoms with van der Waals surface area (Å²) < 4.78 is 10.8. The van der Waals surface area contributed by atoms with E-state index in [1.165, 1.54) is 0 Å². The lowest BCUT2D eigenvalue weighted by Crippen LogP contribution is -2.27. The molecule has 0 spiro atoms. The van der Waals surface area contributed by atoms with E-state index in [1.807, 2.05) is 6.07 Å². The SMILES string of the molecule is CC(C)(C)OC(=O)COc1ccc(Cl)cc1-c1cccc(C#N)c1. The lowest BCUT2D eigenvalue weighted by Gasteiger charge is -2.20. The first-order valence-electron chi connectivity index (χ1n) is 7.43. The second-order valence-corrected chi connectivity index (χ2v) is 6.64. The smallest absolute Gasteiger partial charge is 0.344 e. The number of hydrogen-bond donors (Lipinski definition) is 0. The van der Waals surface area contributed by atoms with Gasteiger partial charge in [0.2, 0.25) is 0 Å². The van der Waals surface area contributed by atoms with Crippen molar-refractivity contribution in [3.8, 4) is 22.9 Å².